The minimum atomic E-state index is 1.10. The molecule has 2 heteroatoms. The largest absolute Gasteiger partial charge is 0.316 e. The van der Waals surface area contributed by atoms with Crippen molar-refractivity contribution in [2.75, 3.05) is 26.2 Å². The Labute approximate surface area is 98.4 Å². The van der Waals surface area contributed by atoms with Gasteiger partial charge in [-0.2, -0.15) is 0 Å². The SMILES string of the molecule is c1cc2ccc1CCNCCCCNCC2. The monoisotopic (exact) mass is 218 g/mol. The van der Waals surface area contributed by atoms with Crippen LogP contribution < -0.4 is 10.6 Å². The number of rotatable bonds is 0. The van der Waals surface area contributed by atoms with Crippen LogP contribution in [0.2, 0.25) is 0 Å². The summed E-state index contributed by atoms with van der Waals surface area (Å²) < 4.78 is 0. The highest BCUT2D eigenvalue weighted by molar-refractivity contribution is 5.23. The Morgan fingerprint density at radius 3 is 1.50 bits per heavy atom. The summed E-state index contributed by atoms with van der Waals surface area (Å²) in [5.74, 6) is 0. The molecule has 0 aliphatic carbocycles. The van der Waals surface area contributed by atoms with Crippen LogP contribution in [0.1, 0.15) is 24.0 Å². The van der Waals surface area contributed by atoms with E-state index >= 15 is 0 Å². The van der Waals surface area contributed by atoms with Crippen LogP contribution in [0.3, 0.4) is 0 Å². The van der Waals surface area contributed by atoms with Gasteiger partial charge in [0.2, 0.25) is 0 Å². The zero-order valence-corrected chi connectivity index (χ0v) is 9.97. The second-order valence-electron chi connectivity index (χ2n) is 4.52. The van der Waals surface area contributed by atoms with Crippen molar-refractivity contribution in [1.82, 2.24) is 10.6 Å². The lowest BCUT2D eigenvalue weighted by Crippen LogP contribution is -2.22. The molecule has 1 aromatic rings. The van der Waals surface area contributed by atoms with Crippen LogP contribution in [-0.2, 0) is 12.8 Å². The van der Waals surface area contributed by atoms with E-state index in [-0.39, 0.29) is 0 Å². The zero-order chi connectivity index (χ0) is 11.1. The van der Waals surface area contributed by atoms with Crippen LogP contribution in [0.15, 0.2) is 24.3 Å². The van der Waals surface area contributed by atoms with Crippen molar-refractivity contribution >= 4 is 0 Å². The minimum Gasteiger partial charge on any atom is -0.316 e. The molecule has 2 N–H and O–H groups in total. The summed E-state index contributed by atoms with van der Waals surface area (Å²) in [6.45, 7) is 4.51. The molecule has 88 valence electrons. The Bertz CT molecular complexity index is 261. The molecule has 2 aliphatic heterocycles. The quantitative estimate of drug-likeness (QED) is 0.693. The van der Waals surface area contributed by atoms with Crippen LogP contribution in [0, 0.1) is 0 Å². The van der Waals surface area contributed by atoms with Crippen molar-refractivity contribution in [2.45, 2.75) is 25.7 Å². The van der Waals surface area contributed by atoms with Crippen molar-refractivity contribution in [3.05, 3.63) is 35.4 Å². The van der Waals surface area contributed by atoms with Crippen LogP contribution in [0.5, 0.6) is 0 Å². The van der Waals surface area contributed by atoms with Gasteiger partial charge in [0.25, 0.3) is 0 Å². The number of hydrogen-bond donors (Lipinski definition) is 2. The van der Waals surface area contributed by atoms with Crippen molar-refractivity contribution in [3.8, 4) is 0 Å². The number of hydrogen-bond acceptors (Lipinski definition) is 2. The molecule has 0 spiro atoms. The second-order valence-corrected chi connectivity index (χ2v) is 4.52. The van der Waals surface area contributed by atoms with Gasteiger partial charge in [-0.05, 0) is 63.0 Å². The van der Waals surface area contributed by atoms with E-state index < -0.39 is 0 Å². The van der Waals surface area contributed by atoms with Crippen LogP contribution >= 0.6 is 0 Å². The van der Waals surface area contributed by atoms with E-state index in [0.29, 0.717) is 0 Å². The standard InChI is InChI=1S/C14H22N2/c1-2-10-16-12-8-14-5-3-13(4-6-14)7-11-15-9-1/h3-6,15-16H,1-2,7-12H2. The van der Waals surface area contributed by atoms with Gasteiger partial charge in [0, 0.05) is 0 Å². The summed E-state index contributed by atoms with van der Waals surface area (Å²) in [6, 6.07) is 9.07. The molecule has 0 unspecified atom stereocenters. The molecule has 2 nitrogen and oxygen atoms in total. The fourth-order valence-electron chi connectivity index (χ4n) is 2.09. The third kappa shape index (κ3) is 3.95. The molecule has 0 atom stereocenters. The molecule has 16 heavy (non-hydrogen) atoms. The Morgan fingerprint density at radius 2 is 1.06 bits per heavy atom. The number of nitrogens with one attached hydrogen (secondary N) is 2. The maximum absolute atomic E-state index is 3.50. The van der Waals surface area contributed by atoms with Gasteiger partial charge in [-0.1, -0.05) is 24.3 Å². The first-order chi connectivity index (χ1) is 7.95. The Kier molecular flexibility index (Phi) is 4.84. The molecule has 2 aliphatic rings. The molecular weight excluding hydrogens is 196 g/mol. The minimum absolute atomic E-state index is 1.10. The predicted octanol–water partition coefficient (Wildman–Crippen LogP) is 1.74. The fourth-order valence-corrected chi connectivity index (χ4v) is 2.09. The normalized spacial score (nSPS) is 19.2. The lowest BCUT2D eigenvalue weighted by molar-refractivity contribution is 0.582. The molecule has 0 radical (unpaired) electrons. The topological polar surface area (TPSA) is 24.1 Å². The molecule has 0 saturated carbocycles. The highest BCUT2D eigenvalue weighted by Crippen LogP contribution is 2.05. The molecule has 0 saturated heterocycles. The van der Waals surface area contributed by atoms with Crippen LogP contribution in [0.4, 0.5) is 0 Å². The van der Waals surface area contributed by atoms with Crippen LogP contribution in [0.25, 0.3) is 0 Å². The molecule has 2 bridgehead atoms. The Hall–Kier alpha value is -0.860. The summed E-state index contributed by atoms with van der Waals surface area (Å²) in [5, 5.41) is 7.00. The average Bonchev–Trinajstić information content (AvgIpc) is 2.33. The predicted molar refractivity (Wildman–Crippen MR) is 68.8 cm³/mol. The number of benzene rings is 1. The first kappa shape index (κ1) is 11.6. The van der Waals surface area contributed by atoms with Gasteiger partial charge in [0.15, 0.2) is 0 Å². The molecule has 0 fully saturated rings. The first-order valence-electron chi connectivity index (χ1n) is 6.44. The van der Waals surface area contributed by atoms with Gasteiger partial charge in [-0.25, -0.2) is 0 Å². The highest BCUT2D eigenvalue weighted by Gasteiger charge is 1.97. The molecule has 2 heterocycles. The van der Waals surface area contributed by atoms with E-state index in [9.17, 15) is 0 Å². The van der Waals surface area contributed by atoms with Gasteiger partial charge >= 0.3 is 0 Å². The van der Waals surface area contributed by atoms with E-state index in [1.807, 2.05) is 0 Å². The van der Waals surface area contributed by atoms with E-state index in [0.717, 1.165) is 39.0 Å². The summed E-state index contributed by atoms with van der Waals surface area (Å²) in [7, 11) is 0. The second kappa shape index (κ2) is 6.66. The van der Waals surface area contributed by atoms with Gasteiger partial charge in [0.1, 0.15) is 0 Å². The van der Waals surface area contributed by atoms with Crippen LogP contribution in [-0.4, -0.2) is 26.2 Å². The summed E-state index contributed by atoms with van der Waals surface area (Å²) in [4.78, 5) is 0. The Morgan fingerprint density at radius 1 is 0.625 bits per heavy atom. The smallest absolute Gasteiger partial charge is 0.000835 e. The lowest BCUT2D eigenvalue weighted by atomic mass is 10.1. The van der Waals surface area contributed by atoms with E-state index in [2.05, 4.69) is 34.9 Å². The van der Waals surface area contributed by atoms with Gasteiger partial charge < -0.3 is 10.6 Å². The molecular formula is C14H22N2. The summed E-state index contributed by atoms with van der Waals surface area (Å²) in [6.07, 6.45) is 4.87. The third-order valence-corrected chi connectivity index (χ3v) is 3.16. The maximum Gasteiger partial charge on any atom is -0.000835 e. The lowest BCUT2D eigenvalue weighted by Gasteiger charge is -2.09. The highest BCUT2D eigenvalue weighted by atomic mass is 14.9. The summed E-state index contributed by atoms with van der Waals surface area (Å²) in [5.41, 5.74) is 2.89. The molecule has 0 aromatic heterocycles. The maximum atomic E-state index is 3.50. The molecule has 0 amide bonds. The third-order valence-electron chi connectivity index (χ3n) is 3.16. The van der Waals surface area contributed by atoms with Gasteiger partial charge in [0.05, 0.1) is 0 Å². The van der Waals surface area contributed by atoms with Crippen molar-refractivity contribution in [2.24, 2.45) is 0 Å². The van der Waals surface area contributed by atoms with Crippen molar-refractivity contribution < 1.29 is 0 Å². The average molecular weight is 218 g/mol. The first-order valence-corrected chi connectivity index (χ1v) is 6.44. The number of fused-ring (bicyclic) bond motifs is 11. The van der Waals surface area contributed by atoms with Crippen molar-refractivity contribution in [3.63, 3.8) is 0 Å². The Balaban J connectivity index is 1.93. The fraction of sp³-hybridized carbons (Fsp3) is 0.571. The van der Waals surface area contributed by atoms with Crippen molar-refractivity contribution in [1.29, 1.82) is 0 Å². The molecule has 3 rings (SSSR count). The van der Waals surface area contributed by atoms with E-state index in [1.54, 1.807) is 0 Å². The van der Waals surface area contributed by atoms with E-state index in [1.165, 1.54) is 24.0 Å². The van der Waals surface area contributed by atoms with Gasteiger partial charge in [-0.3, -0.25) is 0 Å². The molecule has 1 aromatic carbocycles. The zero-order valence-electron chi connectivity index (χ0n) is 9.97. The van der Waals surface area contributed by atoms with E-state index in [4.69, 9.17) is 0 Å². The van der Waals surface area contributed by atoms with Gasteiger partial charge in [-0.15, -0.1) is 0 Å². The summed E-state index contributed by atoms with van der Waals surface area (Å²) >= 11 is 0.